The number of aliphatic hydroxyl groups is 5. The molecule has 8 heteroatoms. The van der Waals surface area contributed by atoms with Crippen LogP contribution in [0, 0.1) is 0 Å². The smallest absolute Gasteiger partial charge is 0.371 e. The van der Waals surface area contributed by atoms with Gasteiger partial charge >= 0.3 is 5.97 Å². The molecule has 0 radical (unpaired) electrons. The highest BCUT2D eigenvalue weighted by molar-refractivity contribution is 6.20. The van der Waals surface area contributed by atoms with Crippen LogP contribution >= 0.6 is 0 Å². The molecule has 0 heterocycles. The number of hydrogen-bond acceptors (Lipinski definition) is 8. The Morgan fingerprint density at radius 3 is 2.06 bits per heavy atom. The number of carbonyl (C=O) groups excluding carboxylic acids is 2. The fraction of sp³-hybridized carbons (Fsp3) is 0.750. The third-order valence-corrected chi connectivity index (χ3v) is 1.82. The number of rotatable bonds is 7. The highest BCUT2D eigenvalue weighted by Crippen LogP contribution is 2.05. The van der Waals surface area contributed by atoms with Crippen LogP contribution in [0.3, 0.4) is 0 Å². The molecule has 0 bridgehead atoms. The van der Waals surface area contributed by atoms with E-state index < -0.39 is 43.6 Å². The Bertz CT molecular complexity index is 230. The molecule has 8 nitrogen and oxygen atoms in total. The Kier molecular flexibility index (Phi) is 6.77. The summed E-state index contributed by atoms with van der Waals surface area (Å²) in [5.41, 5.74) is 0. The molecule has 0 aromatic heterocycles. The molecule has 5 N–H and O–H groups in total. The van der Waals surface area contributed by atoms with Gasteiger partial charge in [0, 0.05) is 0 Å². The molecule has 0 saturated heterocycles. The monoisotopic (exact) mass is 238 g/mol. The highest BCUT2D eigenvalue weighted by atomic mass is 16.5. The predicted molar refractivity (Wildman–Crippen MR) is 48.1 cm³/mol. The zero-order chi connectivity index (χ0) is 12.7. The summed E-state index contributed by atoms with van der Waals surface area (Å²) in [5, 5.41) is 44.9. The maximum atomic E-state index is 10.4. The summed E-state index contributed by atoms with van der Waals surface area (Å²) in [4.78, 5) is 20.2. The van der Waals surface area contributed by atoms with Crippen molar-refractivity contribution in [3.05, 3.63) is 0 Å². The Morgan fingerprint density at radius 2 is 1.62 bits per heavy atom. The second kappa shape index (κ2) is 7.25. The van der Waals surface area contributed by atoms with E-state index in [-0.39, 0.29) is 6.29 Å². The van der Waals surface area contributed by atoms with Gasteiger partial charge in [-0.1, -0.05) is 0 Å². The van der Waals surface area contributed by atoms with E-state index in [4.69, 9.17) is 15.3 Å². The molecule has 4 atom stereocenters. The molecular weight excluding hydrogens is 224 g/mol. The average molecular weight is 238 g/mol. The van der Waals surface area contributed by atoms with E-state index in [1.807, 2.05) is 0 Å². The molecule has 94 valence electrons. The van der Waals surface area contributed by atoms with Crippen molar-refractivity contribution in [2.45, 2.75) is 24.4 Å². The van der Waals surface area contributed by atoms with Gasteiger partial charge in [0.15, 0.2) is 0 Å². The van der Waals surface area contributed by atoms with Gasteiger partial charge in [-0.25, -0.2) is 4.79 Å². The van der Waals surface area contributed by atoms with Crippen molar-refractivity contribution in [2.24, 2.45) is 0 Å². The van der Waals surface area contributed by atoms with Gasteiger partial charge in [0.2, 0.25) is 6.29 Å². The largest absolute Gasteiger partial charge is 0.457 e. The van der Waals surface area contributed by atoms with E-state index in [1.54, 1.807) is 0 Å². The standard InChI is InChI=1S/C8H14O8/c9-1-4(11)7(14)8(15)5(12)3-16-6(13)2-10/h2,4-5,7-9,11-12,14-15H,1,3H2/t4-,5+,7-,8-/m1/s1. The lowest BCUT2D eigenvalue weighted by Gasteiger charge is -2.25. The van der Waals surface area contributed by atoms with Crippen molar-refractivity contribution in [3.8, 4) is 0 Å². The fourth-order valence-corrected chi connectivity index (χ4v) is 0.863. The van der Waals surface area contributed by atoms with Gasteiger partial charge in [-0.3, -0.25) is 4.79 Å². The second-order valence-corrected chi connectivity index (χ2v) is 3.05. The fourth-order valence-electron chi connectivity index (χ4n) is 0.863. The summed E-state index contributed by atoms with van der Waals surface area (Å²) >= 11 is 0. The summed E-state index contributed by atoms with van der Waals surface area (Å²) in [5.74, 6) is -1.23. The molecular formula is C8H14O8. The van der Waals surface area contributed by atoms with Gasteiger partial charge in [0.05, 0.1) is 6.61 Å². The summed E-state index contributed by atoms with van der Waals surface area (Å²) in [7, 11) is 0. The van der Waals surface area contributed by atoms with E-state index in [9.17, 15) is 19.8 Å². The molecule has 0 amide bonds. The van der Waals surface area contributed by atoms with Gasteiger partial charge in [-0.2, -0.15) is 0 Å². The maximum absolute atomic E-state index is 10.4. The van der Waals surface area contributed by atoms with Gasteiger partial charge in [-0.15, -0.1) is 0 Å². The minimum atomic E-state index is -1.82. The van der Waals surface area contributed by atoms with Crippen molar-refractivity contribution in [2.75, 3.05) is 13.2 Å². The van der Waals surface area contributed by atoms with E-state index in [1.165, 1.54) is 0 Å². The number of hydrogen-bond donors (Lipinski definition) is 5. The normalized spacial score (nSPS) is 18.3. The van der Waals surface area contributed by atoms with Gasteiger partial charge in [-0.05, 0) is 0 Å². The maximum Gasteiger partial charge on any atom is 0.371 e. The third kappa shape index (κ3) is 4.64. The number of aliphatic hydroxyl groups excluding tert-OH is 5. The minimum Gasteiger partial charge on any atom is -0.457 e. The zero-order valence-electron chi connectivity index (χ0n) is 8.26. The molecule has 0 unspecified atom stereocenters. The van der Waals surface area contributed by atoms with Gasteiger partial charge in [0.1, 0.15) is 31.0 Å². The van der Waals surface area contributed by atoms with Crippen molar-refractivity contribution in [1.82, 2.24) is 0 Å². The molecule has 0 aliphatic carbocycles. The number of carbonyl (C=O) groups is 2. The summed E-state index contributed by atoms with van der Waals surface area (Å²) < 4.78 is 4.17. The Morgan fingerprint density at radius 1 is 1.12 bits per heavy atom. The van der Waals surface area contributed by atoms with Crippen LogP contribution in [0.25, 0.3) is 0 Å². The number of esters is 1. The molecule has 0 saturated carbocycles. The molecule has 0 aromatic carbocycles. The van der Waals surface area contributed by atoms with E-state index >= 15 is 0 Å². The topological polar surface area (TPSA) is 145 Å². The molecule has 0 fully saturated rings. The van der Waals surface area contributed by atoms with Gasteiger partial charge in [0.25, 0.3) is 0 Å². The van der Waals surface area contributed by atoms with Crippen LogP contribution in [0.5, 0.6) is 0 Å². The van der Waals surface area contributed by atoms with Crippen LogP contribution in [-0.4, -0.2) is 75.4 Å². The molecule has 16 heavy (non-hydrogen) atoms. The summed E-state index contributed by atoms with van der Waals surface area (Å²) in [6.07, 6.45) is -7.05. The van der Waals surface area contributed by atoms with Gasteiger partial charge < -0.3 is 30.3 Å². The lowest BCUT2D eigenvalue weighted by Crippen LogP contribution is -2.47. The Balaban J connectivity index is 4.11. The van der Waals surface area contributed by atoms with Crippen molar-refractivity contribution >= 4 is 12.3 Å². The predicted octanol–water partition coefficient (Wildman–Crippen LogP) is -3.84. The minimum absolute atomic E-state index is 0.127. The van der Waals surface area contributed by atoms with Crippen LogP contribution in [0.1, 0.15) is 0 Å². The second-order valence-electron chi connectivity index (χ2n) is 3.05. The first-order valence-corrected chi connectivity index (χ1v) is 4.39. The first-order valence-electron chi connectivity index (χ1n) is 4.39. The van der Waals surface area contributed by atoms with Crippen LogP contribution in [0.15, 0.2) is 0 Å². The van der Waals surface area contributed by atoms with E-state index in [0.717, 1.165) is 0 Å². The average Bonchev–Trinajstić information content (AvgIpc) is 2.32. The van der Waals surface area contributed by atoms with Crippen molar-refractivity contribution in [1.29, 1.82) is 0 Å². The molecule has 0 aromatic rings. The zero-order valence-corrected chi connectivity index (χ0v) is 8.26. The Hall–Kier alpha value is -1.06. The first kappa shape index (κ1) is 14.9. The summed E-state index contributed by atoms with van der Waals surface area (Å²) in [6, 6.07) is 0. The lowest BCUT2D eigenvalue weighted by atomic mass is 10.0. The molecule has 0 spiro atoms. The van der Waals surface area contributed by atoms with Crippen LogP contribution in [-0.2, 0) is 14.3 Å². The molecule has 0 rings (SSSR count). The quantitative estimate of drug-likeness (QED) is 0.172. The summed E-state index contributed by atoms with van der Waals surface area (Å²) in [6.45, 7) is -1.52. The SMILES string of the molecule is O=CC(=O)OC[C@H](O)[C@@H](O)[C@H](O)[C@H](O)CO. The molecule has 0 aliphatic rings. The lowest BCUT2D eigenvalue weighted by molar-refractivity contribution is -0.158. The third-order valence-electron chi connectivity index (χ3n) is 1.82. The Labute approximate surface area is 90.7 Å². The molecule has 0 aliphatic heterocycles. The highest BCUT2D eigenvalue weighted by Gasteiger charge is 2.30. The number of aldehydes is 1. The van der Waals surface area contributed by atoms with E-state index in [0.29, 0.717) is 0 Å². The van der Waals surface area contributed by atoms with Crippen LogP contribution < -0.4 is 0 Å². The van der Waals surface area contributed by atoms with Crippen molar-refractivity contribution < 1.29 is 39.9 Å². The van der Waals surface area contributed by atoms with Crippen LogP contribution in [0.2, 0.25) is 0 Å². The van der Waals surface area contributed by atoms with Crippen LogP contribution in [0.4, 0.5) is 0 Å². The van der Waals surface area contributed by atoms with E-state index in [2.05, 4.69) is 4.74 Å². The van der Waals surface area contributed by atoms with Crippen molar-refractivity contribution in [3.63, 3.8) is 0 Å². The number of ether oxygens (including phenoxy) is 1. The first-order chi connectivity index (χ1) is 7.43.